The molecule has 1 aromatic carbocycles. The highest BCUT2D eigenvalue weighted by molar-refractivity contribution is 7.20. The van der Waals surface area contributed by atoms with Crippen LogP contribution in [0.3, 0.4) is 0 Å². The molecule has 2 heterocycles. The van der Waals surface area contributed by atoms with E-state index in [-0.39, 0.29) is 12.5 Å². The summed E-state index contributed by atoms with van der Waals surface area (Å²) in [6.45, 7) is 1.93. The third-order valence-corrected chi connectivity index (χ3v) is 4.38. The average molecular weight is 330 g/mol. The first-order valence-corrected chi connectivity index (χ1v) is 8.27. The molecule has 7 heteroatoms. The van der Waals surface area contributed by atoms with Gasteiger partial charge in [0.05, 0.1) is 11.9 Å². The molecule has 0 amide bonds. The highest BCUT2D eigenvalue weighted by Crippen LogP contribution is 2.21. The zero-order valence-electron chi connectivity index (χ0n) is 12.8. The van der Waals surface area contributed by atoms with Crippen LogP contribution in [0, 0.1) is 6.92 Å². The predicted molar refractivity (Wildman–Crippen MR) is 90.0 cm³/mol. The van der Waals surface area contributed by atoms with Crippen LogP contribution in [0.4, 0.5) is 5.13 Å². The van der Waals surface area contributed by atoms with Crippen LogP contribution in [0.2, 0.25) is 0 Å². The summed E-state index contributed by atoms with van der Waals surface area (Å²) in [6, 6.07) is 10.1. The van der Waals surface area contributed by atoms with Crippen LogP contribution in [0.15, 0.2) is 36.5 Å². The van der Waals surface area contributed by atoms with E-state index in [9.17, 15) is 4.79 Å². The highest BCUT2D eigenvalue weighted by atomic mass is 32.1. The van der Waals surface area contributed by atoms with Gasteiger partial charge >= 0.3 is 5.97 Å². The molecular weight excluding hydrogens is 312 g/mol. The van der Waals surface area contributed by atoms with Gasteiger partial charge < -0.3 is 10.4 Å². The molecule has 0 bridgehead atoms. The Morgan fingerprint density at radius 3 is 2.87 bits per heavy atom. The van der Waals surface area contributed by atoms with E-state index in [2.05, 4.69) is 15.4 Å². The molecule has 0 saturated heterocycles. The minimum atomic E-state index is -0.783. The Bertz CT molecular complexity index is 765. The first kappa shape index (κ1) is 15.5. The molecule has 2 aromatic heterocycles. The van der Waals surface area contributed by atoms with E-state index in [1.165, 1.54) is 16.9 Å². The van der Waals surface area contributed by atoms with Crippen molar-refractivity contribution in [2.75, 3.05) is 5.32 Å². The molecule has 0 aliphatic carbocycles. The summed E-state index contributed by atoms with van der Waals surface area (Å²) < 4.78 is 1.75. The van der Waals surface area contributed by atoms with Gasteiger partial charge in [0.1, 0.15) is 0 Å². The van der Waals surface area contributed by atoms with Crippen LogP contribution < -0.4 is 5.32 Å². The number of carboxylic acids is 1. The molecular formula is C16H18N4O2S. The van der Waals surface area contributed by atoms with E-state index in [1.54, 1.807) is 4.52 Å². The number of rotatable bonds is 7. The van der Waals surface area contributed by atoms with Gasteiger partial charge in [0.2, 0.25) is 10.1 Å². The second kappa shape index (κ2) is 6.78. The first-order valence-electron chi connectivity index (χ1n) is 7.45. The number of aliphatic carboxylic acids is 1. The lowest BCUT2D eigenvalue weighted by Crippen LogP contribution is -2.23. The number of anilines is 1. The van der Waals surface area contributed by atoms with Crippen LogP contribution in [0.1, 0.15) is 24.1 Å². The molecule has 0 aliphatic heterocycles. The molecule has 0 aliphatic rings. The van der Waals surface area contributed by atoms with E-state index >= 15 is 0 Å². The maximum absolute atomic E-state index is 10.9. The van der Waals surface area contributed by atoms with Crippen molar-refractivity contribution in [2.24, 2.45) is 0 Å². The van der Waals surface area contributed by atoms with Gasteiger partial charge in [-0.25, -0.2) is 9.50 Å². The number of aromatic nitrogens is 3. The third-order valence-electron chi connectivity index (χ3n) is 3.52. The molecule has 2 N–H and O–H groups in total. The normalized spacial score (nSPS) is 12.4. The van der Waals surface area contributed by atoms with E-state index in [1.807, 2.05) is 43.5 Å². The molecule has 0 radical (unpaired) electrons. The Morgan fingerprint density at radius 1 is 1.39 bits per heavy atom. The van der Waals surface area contributed by atoms with Crippen LogP contribution in [0.5, 0.6) is 0 Å². The molecule has 0 saturated carbocycles. The molecule has 6 nitrogen and oxygen atoms in total. The topological polar surface area (TPSA) is 79.5 Å². The summed E-state index contributed by atoms with van der Waals surface area (Å²) in [6.07, 6.45) is 3.31. The Labute approximate surface area is 137 Å². The lowest BCUT2D eigenvalue weighted by atomic mass is 10.0. The van der Waals surface area contributed by atoms with E-state index in [0.717, 1.165) is 22.2 Å². The Hall–Kier alpha value is -2.41. The quantitative estimate of drug-likeness (QED) is 0.696. The van der Waals surface area contributed by atoms with Gasteiger partial charge in [0.25, 0.3) is 0 Å². The van der Waals surface area contributed by atoms with Crippen molar-refractivity contribution in [1.29, 1.82) is 0 Å². The lowest BCUT2D eigenvalue weighted by Gasteiger charge is -2.17. The highest BCUT2D eigenvalue weighted by Gasteiger charge is 2.15. The molecule has 120 valence electrons. The number of aryl methyl sites for hydroxylation is 1. The minimum Gasteiger partial charge on any atom is -0.481 e. The molecule has 1 atom stereocenters. The van der Waals surface area contributed by atoms with Crippen molar-refractivity contribution in [3.05, 3.63) is 47.8 Å². The largest absolute Gasteiger partial charge is 0.481 e. The van der Waals surface area contributed by atoms with Crippen molar-refractivity contribution < 1.29 is 9.90 Å². The van der Waals surface area contributed by atoms with Crippen molar-refractivity contribution >= 4 is 27.4 Å². The van der Waals surface area contributed by atoms with Crippen LogP contribution >= 0.6 is 11.3 Å². The smallest absolute Gasteiger partial charge is 0.303 e. The van der Waals surface area contributed by atoms with Crippen molar-refractivity contribution in [1.82, 2.24) is 14.6 Å². The third kappa shape index (κ3) is 4.07. The van der Waals surface area contributed by atoms with Gasteiger partial charge in [-0.15, -0.1) is 5.10 Å². The summed E-state index contributed by atoms with van der Waals surface area (Å²) >= 11 is 1.47. The summed E-state index contributed by atoms with van der Waals surface area (Å²) in [5, 5.41) is 17.5. The average Bonchev–Trinajstić information content (AvgIpc) is 3.02. The number of carboxylic acid groups (broad SMARTS) is 1. The number of fused-ring (bicyclic) bond motifs is 1. The molecule has 3 aromatic rings. The summed E-state index contributed by atoms with van der Waals surface area (Å²) in [4.78, 5) is 16.1. The zero-order valence-corrected chi connectivity index (χ0v) is 13.6. The summed E-state index contributed by atoms with van der Waals surface area (Å²) in [5.41, 5.74) is 2.11. The van der Waals surface area contributed by atoms with Gasteiger partial charge in [0.15, 0.2) is 0 Å². The molecule has 0 spiro atoms. The van der Waals surface area contributed by atoms with E-state index in [4.69, 9.17) is 5.11 Å². The second-order valence-electron chi connectivity index (χ2n) is 5.48. The Balaban J connectivity index is 1.73. The van der Waals surface area contributed by atoms with Gasteiger partial charge in [-0.3, -0.25) is 4.79 Å². The Morgan fingerprint density at radius 2 is 2.17 bits per heavy atom. The van der Waals surface area contributed by atoms with Gasteiger partial charge in [-0.1, -0.05) is 41.7 Å². The van der Waals surface area contributed by atoms with E-state index in [0.29, 0.717) is 6.42 Å². The lowest BCUT2D eigenvalue weighted by molar-refractivity contribution is -0.137. The Kier molecular flexibility index (Phi) is 4.57. The molecule has 1 unspecified atom stereocenters. The zero-order chi connectivity index (χ0) is 16.2. The van der Waals surface area contributed by atoms with Crippen LogP contribution in [-0.4, -0.2) is 31.7 Å². The molecule has 3 rings (SSSR count). The predicted octanol–water partition coefficient (Wildman–Crippen LogP) is 2.99. The van der Waals surface area contributed by atoms with Crippen molar-refractivity contribution in [3.63, 3.8) is 0 Å². The van der Waals surface area contributed by atoms with Crippen LogP contribution in [-0.2, 0) is 11.2 Å². The number of imidazole rings is 1. The standard InChI is InChI=1S/C16H18N4O2S/c1-11-10-20-16(17-11)23-15(19-20)18-13(7-8-14(21)22)9-12-5-3-2-4-6-12/h2-6,10,13H,7-9H2,1H3,(H,18,19)(H,21,22). The van der Waals surface area contributed by atoms with Gasteiger partial charge in [-0.05, 0) is 25.3 Å². The summed E-state index contributed by atoms with van der Waals surface area (Å²) in [7, 11) is 0. The fraction of sp³-hybridized carbons (Fsp3) is 0.312. The van der Waals surface area contributed by atoms with Crippen molar-refractivity contribution in [3.8, 4) is 0 Å². The molecule has 0 fully saturated rings. The first-order chi connectivity index (χ1) is 11.1. The van der Waals surface area contributed by atoms with Crippen LogP contribution in [0.25, 0.3) is 4.96 Å². The second-order valence-corrected chi connectivity index (χ2v) is 6.44. The fourth-order valence-electron chi connectivity index (χ4n) is 2.46. The van der Waals surface area contributed by atoms with E-state index < -0.39 is 5.97 Å². The maximum Gasteiger partial charge on any atom is 0.303 e. The summed E-state index contributed by atoms with van der Waals surface area (Å²) in [5.74, 6) is -0.783. The minimum absolute atomic E-state index is 0.0189. The number of nitrogens with one attached hydrogen (secondary N) is 1. The van der Waals surface area contributed by atoms with Gasteiger partial charge in [0, 0.05) is 12.5 Å². The maximum atomic E-state index is 10.9. The monoisotopic (exact) mass is 330 g/mol. The fourth-order valence-corrected chi connectivity index (χ4v) is 3.37. The number of benzene rings is 1. The number of nitrogens with zero attached hydrogens (tertiary/aromatic N) is 3. The molecule has 23 heavy (non-hydrogen) atoms. The van der Waals surface area contributed by atoms with Gasteiger partial charge in [-0.2, -0.15) is 0 Å². The number of carbonyl (C=O) groups is 1. The number of hydrogen-bond donors (Lipinski definition) is 2. The van der Waals surface area contributed by atoms with Crippen molar-refractivity contribution in [2.45, 2.75) is 32.2 Å². The number of hydrogen-bond acceptors (Lipinski definition) is 5. The SMILES string of the molecule is Cc1cn2nc(NC(CCC(=O)O)Cc3ccccc3)sc2n1.